The standard InChI is InChI=1S/C12H26N2S/c1-10(2)8-15-9-11(3)13-12-5-6-14(4)7-12/h10-13H,5-9H2,1-4H3. The Morgan fingerprint density at radius 2 is 2.07 bits per heavy atom. The van der Waals surface area contributed by atoms with Gasteiger partial charge in [-0.05, 0) is 38.6 Å². The van der Waals surface area contributed by atoms with Crippen LogP contribution in [-0.2, 0) is 0 Å². The molecule has 0 spiro atoms. The Kier molecular flexibility index (Phi) is 6.02. The van der Waals surface area contributed by atoms with Crippen LogP contribution in [0.3, 0.4) is 0 Å². The number of thioether (sulfide) groups is 1. The molecule has 3 heteroatoms. The summed E-state index contributed by atoms with van der Waals surface area (Å²) in [7, 11) is 2.21. The molecule has 0 aromatic heterocycles. The van der Waals surface area contributed by atoms with Gasteiger partial charge in [0, 0.05) is 24.4 Å². The molecule has 90 valence electrons. The van der Waals surface area contributed by atoms with Crippen LogP contribution in [0.15, 0.2) is 0 Å². The molecule has 1 aliphatic heterocycles. The van der Waals surface area contributed by atoms with Gasteiger partial charge < -0.3 is 10.2 Å². The molecule has 0 saturated carbocycles. The maximum atomic E-state index is 3.72. The van der Waals surface area contributed by atoms with Crippen molar-refractivity contribution in [2.24, 2.45) is 5.92 Å². The van der Waals surface area contributed by atoms with E-state index < -0.39 is 0 Å². The predicted octanol–water partition coefficient (Wildman–Crippen LogP) is 2.06. The Morgan fingerprint density at radius 3 is 2.60 bits per heavy atom. The van der Waals surface area contributed by atoms with E-state index in [1.807, 2.05) is 0 Å². The van der Waals surface area contributed by atoms with E-state index in [9.17, 15) is 0 Å². The fraction of sp³-hybridized carbons (Fsp3) is 1.00. The summed E-state index contributed by atoms with van der Waals surface area (Å²) in [6, 6.07) is 1.38. The molecule has 1 saturated heterocycles. The van der Waals surface area contributed by atoms with Crippen molar-refractivity contribution in [1.29, 1.82) is 0 Å². The zero-order chi connectivity index (χ0) is 11.3. The first kappa shape index (κ1) is 13.3. The zero-order valence-electron chi connectivity index (χ0n) is 10.6. The molecule has 0 aromatic carbocycles. The quantitative estimate of drug-likeness (QED) is 0.752. The molecule has 1 rings (SSSR count). The first-order valence-electron chi connectivity index (χ1n) is 6.10. The first-order chi connectivity index (χ1) is 7.08. The Bertz CT molecular complexity index is 173. The number of rotatable bonds is 6. The molecular weight excluding hydrogens is 204 g/mol. The van der Waals surface area contributed by atoms with Gasteiger partial charge in [-0.2, -0.15) is 11.8 Å². The number of hydrogen-bond acceptors (Lipinski definition) is 3. The van der Waals surface area contributed by atoms with Gasteiger partial charge in [-0.15, -0.1) is 0 Å². The second-order valence-corrected chi connectivity index (χ2v) is 6.32. The van der Waals surface area contributed by atoms with E-state index in [0.29, 0.717) is 6.04 Å². The molecule has 1 N–H and O–H groups in total. The summed E-state index contributed by atoms with van der Waals surface area (Å²) >= 11 is 2.08. The molecule has 0 aliphatic carbocycles. The summed E-state index contributed by atoms with van der Waals surface area (Å²) in [6.07, 6.45) is 1.32. The highest BCUT2D eigenvalue weighted by molar-refractivity contribution is 7.99. The maximum absolute atomic E-state index is 3.72. The zero-order valence-corrected chi connectivity index (χ0v) is 11.4. The van der Waals surface area contributed by atoms with Gasteiger partial charge in [-0.25, -0.2) is 0 Å². The Labute approximate surface area is 99.2 Å². The lowest BCUT2D eigenvalue weighted by molar-refractivity contribution is 0.390. The average molecular weight is 230 g/mol. The van der Waals surface area contributed by atoms with Gasteiger partial charge in [-0.3, -0.25) is 0 Å². The van der Waals surface area contributed by atoms with Crippen molar-refractivity contribution in [3.05, 3.63) is 0 Å². The molecule has 2 unspecified atom stereocenters. The van der Waals surface area contributed by atoms with E-state index in [1.54, 1.807) is 0 Å². The second-order valence-electron chi connectivity index (χ2n) is 5.25. The van der Waals surface area contributed by atoms with Crippen molar-refractivity contribution in [3.8, 4) is 0 Å². The summed E-state index contributed by atoms with van der Waals surface area (Å²) in [5.74, 6) is 3.36. The van der Waals surface area contributed by atoms with E-state index in [2.05, 4.69) is 49.8 Å². The van der Waals surface area contributed by atoms with E-state index in [1.165, 1.54) is 31.0 Å². The largest absolute Gasteiger partial charge is 0.309 e. The van der Waals surface area contributed by atoms with E-state index in [4.69, 9.17) is 0 Å². The molecule has 0 aromatic rings. The monoisotopic (exact) mass is 230 g/mol. The summed E-state index contributed by atoms with van der Waals surface area (Å²) < 4.78 is 0. The first-order valence-corrected chi connectivity index (χ1v) is 7.25. The highest BCUT2D eigenvalue weighted by Crippen LogP contribution is 2.11. The Balaban J connectivity index is 2.05. The van der Waals surface area contributed by atoms with Crippen LogP contribution in [0.4, 0.5) is 0 Å². The number of likely N-dealkylation sites (tertiary alicyclic amines) is 1. The van der Waals surface area contributed by atoms with E-state index in [0.717, 1.165) is 12.0 Å². The summed E-state index contributed by atoms with van der Waals surface area (Å²) in [6.45, 7) is 9.36. The number of likely N-dealkylation sites (N-methyl/N-ethyl adjacent to an activating group) is 1. The SMILES string of the molecule is CC(C)CSCC(C)NC1CCN(C)C1. The lowest BCUT2D eigenvalue weighted by atomic mass is 10.2. The van der Waals surface area contributed by atoms with Gasteiger partial charge in [-0.1, -0.05) is 13.8 Å². The van der Waals surface area contributed by atoms with Crippen LogP contribution in [0.2, 0.25) is 0 Å². The topological polar surface area (TPSA) is 15.3 Å². The van der Waals surface area contributed by atoms with E-state index in [-0.39, 0.29) is 0 Å². The third kappa shape index (κ3) is 5.79. The molecule has 1 fully saturated rings. The maximum Gasteiger partial charge on any atom is 0.0209 e. The normalized spacial score (nSPS) is 25.0. The molecular formula is C12H26N2S. The van der Waals surface area contributed by atoms with Gasteiger partial charge in [0.25, 0.3) is 0 Å². The number of nitrogens with one attached hydrogen (secondary N) is 1. The third-order valence-corrected chi connectivity index (χ3v) is 4.37. The highest BCUT2D eigenvalue weighted by Gasteiger charge is 2.20. The third-order valence-electron chi connectivity index (χ3n) is 2.73. The molecule has 2 nitrogen and oxygen atoms in total. The van der Waals surface area contributed by atoms with Crippen molar-refractivity contribution in [2.45, 2.75) is 39.3 Å². The van der Waals surface area contributed by atoms with Crippen molar-refractivity contribution < 1.29 is 0 Å². The minimum Gasteiger partial charge on any atom is -0.309 e. The minimum absolute atomic E-state index is 0.658. The van der Waals surface area contributed by atoms with Gasteiger partial charge in [0.15, 0.2) is 0 Å². The lowest BCUT2D eigenvalue weighted by Gasteiger charge is -2.19. The van der Waals surface area contributed by atoms with Crippen LogP contribution in [0.25, 0.3) is 0 Å². The molecule has 2 atom stereocenters. The van der Waals surface area contributed by atoms with Crippen molar-refractivity contribution in [1.82, 2.24) is 10.2 Å². The Hall–Kier alpha value is 0.270. The van der Waals surface area contributed by atoms with Crippen LogP contribution in [-0.4, -0.2) is 48.6 Å². The van der Waals surface area contributed by atoms with Gasteiger partial charge in [0.05, 0.1) is 0 Å². The second kappa shape index (κ2) is 6.77. The molecule has 15 heavy (non-hydrogen) atoms. The number of hydrogen-bond donors (Lipinski definition) is 1. The molecule has 0 radical (unpaired) electrons. The lowest BCUT2D eigenvalue weighted by Crippen LogP contribution is -2.39. The van der Waals surface area contributed by atoms with Crippen LogP contribution >= 0.6 is 11.8 Å². The average Bonchev–Trinajstić information content (AvgIpc) is 2.50. The predicted molar refractivity (Wildman–Crippen MR) is 70.7 cm³/mol. The molecule has 0 amide bonds. The highest BCUT2D eigenvalue weighted by atomic mass is 32.2. The van der Waals surface area contributed by atoms with Crippen molar-refractivity contribution in [2.75, 3.05) is 31.6 Å². The fourth-order valence-corrected chi connectivity index (χ4v) is 3.06. The van der Waals surface area contributed by atoms with E-state index >= 15 is 0 Å². The molecule has 0 bridgehead atoms. The summed E-state index contributed by atoms with van der Waals surface area (Å²) in [5.41, 5.74) is 0. The van der Waals surface area contributed by atoms with Crippen molar-refractivity contribution >= 4 is 11.8 Å². The van der Waals surface area contributed by atoms with Crippen LogP contribution in [0, 0.1) is 5.92 Å². The Morgan fingerprint density at radius 1 is 1.33 bits per heavy atom. The van der Waals surface area contributed by atoms with Crippen LogP contribution in [0.1, 0.15) is 27.2 Å². The number of nitrogens with zero attached hydrogens (tertiary/aromatic N) is 1. The molecule has 1 aliphatic rings. The fourth-order valence-electron chi connectivity index (χ4n) is 2.00. The van der Waals surface area contributed by atoms with Crippen molar-refractivity contribution in [3.63, 3.8) is 0 Å². The summed E-state index contributed by atoms with van der Waals surface area (Å²) in [4.78, 5) is 2.41. The smallest absolute Gasteiger partial charge is 0.0209 e. The van der Waals surface area contributed by atoms with Gasteiger partial charge >= 0.3 is 0 Å². The van der Waals surface area contributed by atoms with Crippen LogP contribution < -0.4 is 5.32 Å². The van der Waals surface area contributed by atoms with Gasteiger partial charge in [0.1, 0.15) is 0 Å². The van der Waals surface area contributed by atoms with Crippen LogP contribution in [0.5, 0.6) is 0 Å². The summed E-state index contributed by atoms with van der Waals surface area (Å²) in [5, 5.41) is 3.72. The molecule has 1 heterocycles. The minimum atomic E-state index is 0.658. The van der Waals surface area contributed by atoms with Gasteiger partial charge in [0.2, 0.25) is 0 Å².